The van der Waals surface area contributed by atoms with Crippen molar-refractivity contribution in [2.75, 3.05) is 18.1 Å². The van der Waals surface area contributed by atoms with Crippen molar-refractivity contribution >= 4 is 28.6 Å². The van der Waals surface area contributed by atoms with E-state index in [1.807, 2.05) is 16.3 Å². The fourth-order valence-electron chi connectivity index (χ4n) is 1.63. The Morgan fingerprint density at radius 2 is 2.29 bits per heavy atom. The molecule has 0 radical (unpaired) electrons. The molecule has 0 aliphatic heterocycles. The molecule has 0 saturated carbocycles. The molecule has 0 spiro atoms. The van der Waals surface area contributed by atoms with Crippen LogP contribution in [0.25, 0.3) is 0 Å². The first kappa shape index (κ1) is 12.4. The Kier molecular flexibility index (Phi) is 4.36. The molecule has 0 aliphatic rings. The summed E-state index contributed by atoms with van der Waals surface area (Å²) in [6.45, 7) is 1.40. The molecule has 17 heavy (non-hydrogen) atoms. The molecule has 0 bridgehead atoms. The molecule has 0 fully saturated rings. The highest BCUT2D eigenvalue weighted by molar-refractivity contribution is 7.07. The van der Waals surface area contributed by atoms with E-state index in [2.05, 4.69) is 16.4 Å². The molecule has 0 saturated heterocycles. The van der Waals surface area contributed by atoms with Gasteiger partial charge in [-0.3, -0.25) is 4.98 Å². The normalized spacial score (nSPS) is 10.5. The van der Waals surface area contributed by atoms with Crippen molar-refractivity contribution in [3.8, 4) is 0 Å². The lowest BCUT2D eigenvalue weighted by Crippen LogP contribution is -2.26. The summed E-state index contributed by atoms with van der Waals surface area (Å²) in [6, 6.07) is 3.94. The van der Waals surface area contributed by atoms with Gasteiger partial charge in [0.25, 0.3) is 0 Å². The maximum absolute atomic E-state index is 9.12. The second-order valence-electron chi connectivity index (χ2n) is 3.60. The molecule has 5 heteroatoms. The Bertz CT molecular complexity index is 461. The quantitative estimate of drug-likeness (QED) is 0.906. The zero-order chi connectivity index (χ0) is 12.1. The van der Waals surface area contributed by atoms with E-state index in [0.29, 0.717) is 11.6 Å². The van der Waals surface area contributed by atoms with Gasteiger partial charge in [0.05, 0.1) is 17.3 Å². The van der Waals surface area contributed by atoms with E-state index in [4.69, 9.17) is 16.7 Å². The van der Waals surface area contributed by atoms with Crippen molar-refractivity contribution in [3.63, 3.8) is 0 Å². The van der Waals surface area contributed by atoms with Crippen LogP contribution in [-0.2, 0) is 6.54 Å². The fraction of sp³-hybridized carbons (Fsp3) is 0.250. The van der Waals surface area contributed by atoms with Gasteiger partial charge in [-0.1, -0.05) is 11.6 Å². The van der Waals surface area contributed by atoms with Crippen LogP contribution in [0.1, 0.15) is 5.56 Å². The van der Waals surface area contributed by atoms with E-state index < -0.39 is 0 Å². The number of hydrogen-bond acceptors (Lipinski definition) is 4. The molecular formula is C12H13ClN2OS. The molecule has 0 aliphatic carbocycles. The maximum Gasteiger partial charge on any atom is 0.0822 e. The van der Waals surface area contributed by atoms with E-state index in [9.17, 15) is 0 Å². The zero-order valence-corrected chi connectivity index (χ0v) is 10.8. The van der Waals surface area contributed by atoms with Gasteiger partial charge in [-0.2, -0.15) is 11.3 Å². The summed E-state index contributed by atoms with van der Waals surface area (Å²) in [6.07, 6.45) is 3.33. The van der Waals surface area contributed by atoms with Crippen LogP contribution in [0.15, 0.2) is 35.3 Å². The monoisotopic (exact) mass is 268 g/mol. The lowest BCUT2D eigenvalue weighted by atomic mass is 10.2. The van der Waals surface area contributed by atoms with Crippen LogP contribution in [0.3, 0.4) is 0 Å². The molecule has 2 aromatic heterocycles. The van der Waals surface area contributed by atoms with Crippen LogP contribution < -0.4 is 4.90 Å². The third-order valence-corrected chi connectivity index (χ3v) is 3.44. The highest BCUT2D eigenvalue weighted by Gasteiger charge is 2.10. The molecule has 0 aromatic carbocycles. The van der Waals surface area contributed by atoms with Gasteiger partial charge in [0.15, 0.2) is 0 Å². The predicted molar refractivity (Wildman–Crippen MR) is 71.7 cm³/mol. The van der Waals surface area contributed by atoms with Crippen LogP contribution in [-0.4, -0.2) is 23.2 Å². The predicted octanol–water partition coefficient (Wildman–Crippen LogP) is 2.80. The third kappa shape index (κ3) is 3.19. The van der Waals surface area contributed by atoms with Crippen LogP contribution >= 0.6 is 22.9 Å². The van der Waals surface area contributed by atoms with E-state index >= 15 is 0 Å². The largest absolute Gasteiger partial charge is 0.395 e. The Balaban J connectivity index is 2.20. The Hall–Kier alpha value is -1.10. The molecule has 0 atom stereocenters. The number of aliphatic hydroxyl groups excluding tert-OH is 1. The molecule has 2 heterocycles. The molecule has 2 aromatic rings. The number of thiophene rings is 1. The first-order valence-corrected chi connectivity index (χ1v) is 6.59. The minimum atomic E-state index is 0.1000. The SMILES string of the molecule is OCCN(Cc1ccsc1)c1ccncc1Cl. The Morgan fingerprint density at radius 1 is 1.41 bits per heavy atom. The molecule has 1 N–H and O–H groups in total. The smallest absolute Gasteiger partial charge is 0.0822 e. The number of rotatable bonds is 5. The third-order valence-electron chi connectivity index (χ3n) is 2.42. The minimum absolute atomic E-state index is 0.1000. The van der Waals surface area contributed by atoms with Gasteiger partial charge >= 0.3 is 0 Å². The standard InChI is InChI=1S/C12H13ClN2OS/c13-11-7-14-3-1-12(11)15(4-5-16)8-10-2-6-17-9-10/h1-3,6-7,9,16H,4-5,8H2. The molecule has 3 nitrogen and oxygen atoms in total. The zero-order valence-electron chi connectivity index (χ0n) is 9.21. The molecular weight excluding hydrogens is 256 g/mol. The first-order chi connectivity index (χ1) is 8.31. The number of aromatic nitrogens is 1. The summed E-state index contributed by atoms with van der Waals surface area (Å²) in [5.74, 6) is 0. The lowest BCUT2D eigenvalue weighted by Gasteiger charge is -2.24. The highest BCUT2D eigenvalue weighted by atomic mass is 35.5. The van der Waals surface area contributed by atoms with Crippen LogP contribution in [0.5, 0.6) is 0 Å². The van der Waals surface area contributed by atoms with E-state index in [-0.39, 0.29) is 6.61 Å². The summed E-state index contributed by atoms with van der Waals surface area (Å²) in [5.41, 5.74) is 2.12. The molecule has 2 rings (SSSR count). The second-order valence-corrected chi connectivity index (χ2v) is 4.79. The number of hydrogen-bond donors (Lipinski definition) is 1. The van der Waals surface area contributed by atoms with Gasteiger partial charge in [-0.05, 0) is 28.5 Å². The van der Waals surface area contributed by atoms with Gasteiger partial charge < -0.3 is 10.0 Å². The Labute approximate surface area is 109 Å². The first-order valence-electron chi connectivity index (χ1n) is 5.27. The average molecular weight is 269 g/mol. The van der Waals surface area contributed by atoms with Crippen molar-refractivity contribution in [2.24, 2.45) is 0 Å². The van der Waals surface area contributed by atoms with E-state index in [0.717, 1.165) is 12.2 Å². The summed E-state index contributed by atoms with van der Waals surface area (Å²) in [5, 5.41) is 13.9. The van der Waals surface area contributed by atoms with Crippen molar-refractivity contribution in [2.45, 2.75) is 6.54 Å². The highest BCUT2D eigenvalue weighted by Crippen LogP contribution is 2.25. The van der Waals surface area contributed by atoms with Gasteiger partial charge in [0, 0.05) is 25.5 Å². The lowest BCUT2D eigenvalue weighted by molar-refractivity contribution is 0.301. The van der Waals surface area contributed by atoms with E-state index in [1.165, 1.54) is 5.56 Å². The number of halogens is 1. The van der Waals surface area contributed by atoms with Crippen LogP contribution in [0.4, 0.5) is 5.69 Å². The van der Waals surface area contributed by atoms with Gasteiger partial charge in [-0.25, -0.2) is 0 Å². The number of pyridine rings is 1. The van der Waals surface area contributed by atoms with Crippen molar-refractivity contribution in [1.82, 2.24) is 4.98 Å². The van der Waals surface area contributed by atoms with Gasteiger partial charge in [0.1, 0.15) is 0 Å². The van der Waals surface area contributed by atoms with Crippen LogP contribution in [0.2, 0.25) is 5.02 Å². The number of anilines is 1. The average Bonchev–Trinajstić information content (AvgIpc) is 2.82. The second kappa shape index (κ2) is 6.00. The van der Waals surface area contributed by atoms with Gasteiger partial charge in [0.2, 0.25) is 0 Å². The maximum atomic E-state index is 9.12. The van der Waals surface area contributed by atoms with E-state index in [1.54, 1.807) is 23.7 Å². The van der Waals surface area contributed by atoms with Crippen LogP contribution in [0, 0.1) is 0 Å². The summed E-state index contributed by atoms with van der Waals surface area (Å²) in [7, 11) is 0. The fourth-order valence-corrected chi connectivity index (χ4v) is 2.53. The topological polar surface area (TPSA) is 36.4 Å². The minimum Gasteiger partial charge on any atom is -0.395 e. The number of nitrogens with zero attached hydrogens (tertiary/aromatic N) is 2. The molecule has 0 unspecified atom stereocenters. The van der Waals surface area contributed by atoms with Gasteiger partial charge in [-0.15, -0.1) is 0 Å². The molecule has 0 amide bonds. The summed E-state index contributed by atoms with van der Waals surface area (Å²) in [4.78, 5) is 6.01. The van der Waals surface area contributed by atoms with Crippen molar-refractivity contribution in [1.29, 1.82) is 0 Å². The van der Waals surface area contributed by atoms with Crippen molar-refractivity contribution in [3.05, 3.63) is 45.9 Å². The summed E-state index contributed by atoms with van der Waals surface area (Å²) >= 11 is 7.78. The molecule has 90 valence electrons. The summed E-state index contributed by atoms with van der Waals surface area (Å²) < 4.78 is 0. The number of aliphatic hydroxyl groups is 1. The van der Waals surface area contributed by atoms with Crippen molar-refractivity contribution < 1.29 is 5.11 Å². The Morgan fingerprint density at radius 3 is 2.94 bits per heavy atom.